The molecule has 2 heterocycles. The van der Waals surface area contributed by atoms with E-state index in [0.29, 0.717) is 26.1 Å². The molecule has 1 N–H and O–H groups in total. The lowest BCUT2D eigenvalue weighted by atomic mass is 10.1. The van der Waals surface area contributed by atoms with Crippen LogP contribution in [-0.4, -0.2) is 91.5 Å². The molecule has 2 aliphatic heterocycles. The third kappa shape index (κ3) is 8.02. The summed E-state index contributed by atoms with van der Waals surface area (Å²) in [5.41, 5.74) is 0.969. The van der Waals surface area contributed by atoms with E-state index in [4.69, 9.17) is 14.2 Å². The largest absolute Gasteiger partial charge is 0.492 e. The summed E-state index contributed by atoms with van der Waals surface area (Å²) in [5.74, 6) is -0.479. The first-order chi connectivity index (χ1) is 17.0. The molecule has 0 bridgehead atoms. The summed E-state index contributed by atoms with van der Waals surface area (Å²) in [4.78, 5) is 29.0. The molecule has 0 aliphatic carbocycles. The standard InChI is InChI=1S/C25H36N4O5S/c1-3-29-23(17-19(18-26)25(31)33-4-2)35-22(24(29)30)9-10-27-20-5-7-21(8-6-20)34-16-13-28-11-14-32-15-12-28/h5-8,19,22-23,27H,3-4,9-17H2,1-2H3. The fraction of sp³-hybridized carbons (Fsp3) is 0.640. The minimum Gasteiger partial charge on any atom is -0.492 e. The number of hydrogen-bond donors (Lipinski definition) is 1. The van der Waals surface area contributed by atoms with Gasteiger partial charge in [-0.05, 0) is 44.5 Å². The summed E-state index contributed by atoms with van der Waals surface area (Å²) in [6.45, 7) is 10.1. The minimum atomic E-state index is -0.860. The Bertz CT molecular complexity index is 856. The number of carbonyl (C=O) groups is 2. The number of esters is 1. The van der Waals surface area contributed by atoms with Crippen LogP contribution in [0.15, 0.2) is 24.3 Å². The third-order valence-corrected chi connectivity index (χ3v) is 7.63. The Morgan fingerprint density at radius 1 is 1.29 bits per heavy atom. The topological polar surface area (TPSA) is 104 Å². The fourth-order valence-electron chi connectivity index (χ4n) is 4.16. The van der Waals surface area contributed by atoms with Gasteiger partial charge in [0, 0.05) is 44.8 Å². The zero-order valence-electron chi connectivity index (χ0n) is 20.6. The number of thioether (sulfide) groups is 1. The van der Waals surface area contributed by atoms with Crippen LogP contribution in [0.4, 0.5) is 5.69 Å². The van der Waals surface area contributed by atoms with Gasteiger partial charge in [-0.2, -0.15) is 5.26 Å². The Balaban J connectivity index is 1.41. The van der Waals surface area contributed by atoms with E-state index in [1.165, 1.54) is 11.8 Å². The van der Waals surface area contributed by atoms with E-state index < -0.39 is 11.9 Å². The second kappa shape index (κ2) is 14.2. The maximum atomic E-state index is 12.9. The Morgan fingerprint density at radius 3 is 2.69 bits per heavy atom. The molecular weight excluding hydrogens is 468 g/mol. The van der Waals surface area contributed by atoms with Crippen LogP contribution in [-0.2, 0) is 19.1 Å². The van der Waals surface area contributed by atoms with Crippen LogP contribution in [0.25, 0.3) is 0 Å². The van der Waals surface area contributed by atoms with Crippen LogP contribution < -0.4 is 10.1 Å². The number of amides is 1. The van der Waals surface area contributed by atoms with Gasteiger partial charge in [-0.15, -0.1) is 11.8 Å². The predicted octanol–water partition coefficient (Wildman–Crippen LogP) is 2.58. The van der Waals surface area contributed by atoms with Crippen LogP contribution in [0, 0.1) is 17.2 Å². The molecule has 9 nitrogen and oxygen atoms in total. The van der Waals surface area contributed by atoms with Gasteiger partial charge in [0.15, 0.2) is 0 Å². The summed E-state index contributed by atoms with van der Waals surface area (Å²) in [6, 6.07) is 9.88. The minimum absolute atomic E-state index is 0.0638. The number of hydrogen-bond acceptors (Lipinski definition) is 9. The SMILES string of the molecule is CCOC(=O)C(C#N)CC1SC(CCNc2ccc(OCCN3CCOCC3)cc2)C(=O)N1CC. The number of anilines is 1. The van der Waals surface area contributed by atoms with Crippen molar-refractivity contribution in [3.05, 3.63) is 24.3 Å². The molecule has 2 aliphatic rings. The number of nitrogens with one attached hydrogen (secondary N) is 1. The number of ether oxygens (including phenoxy) is 3. The molecule has 1 aromatic carbocycles. The molecule has 1 amide bonds. The lowest BCUT2D eigenvalue weighted by Gasteiger charge is -2.26. The summed E-state index contributed by atoms with van der Waals surface area (Å²) in [5, 5.41) is 12.4. The molecular formula is C25H36N4O5S. The van der Waals surface area contributed by atoms with Crippen LogP contribution in [0.5, 0.6) is 5.75 Å². The van der Waals surface area contributed by atoms with E-state index >= 15 is 0 Å². The van der Waals surface area contributed by atoms with Crippen molar-refractivity contribution in [3.8, 4) is 11.8 Å². The maximum Gasteiger partial charge on any atom is 0.323 e. The molecule has 0 spiro atoms. The van der Waals surface area contributed by atoms with Crippen LogP contribution in [0.3, 0.4) is 0 Å². The van der Waals surface area contributed by atoms with Gasteiger partial charge >= 0.3 is 5.97 Å². The summed E-state index contributed by atoms with van der Waals surface area (Å²) in [6.07, 6.45) is 0.946. The molecule has 2 saturated heterocycles. The van der Waals surface area contributed by atoms with Crippen LogP contribution in [0.2, 0.25) is 0 Å². The van der Waals surface area contributed by atoms with Gasteiger partial charge < -0.3 is 24.4 Å². The number of nitriles is 1. The molecule has 2 fully saturated rings. The van der Waals surface area contributed by atoms with Crippen LogP contribution >= 0.6 is 11.8 Å². The lowest BCUT2D eigenvalue weighted by Crippen LogP contribution is -2.38. The van der Waals surface area contributed by atoms with Gasteiger partial charge in [-0.3, -0.25) is 14.5 Å². The number of carbonyl (C=O) groups excluding carboxylic acids is 2. The monoisotopic (exact) mass is 504 g/mol. The third-order valence-electron chi connectivity index (χ3n) is 6.10. The number of benzene rings is 1. The van der Waals surface area contributed by atoms with E-state index in [1.54, 1.807) is 11.8 Å². The van der Waals surface area contributed by atoms with Crippen molar-refractivity contribution in [2.45, 2.75) is 37.3 Å². The molecule has 0 saturated carbocycles. The summed E-state index contributed by atoms with van der Waals surface area (Å²) >= 11 is 1.53. The molecule has 35 heavy (non-hydrogen) atoms. The van der Waals surface area contributed by atoms with Crippen molar-refractivity contribution in [3.63, 3.8) is 0 Å². The van der Waals surface area contributed by atoms with Gasteiger partial charge in [0.2, 0.25) is 5.91 Å². The van der Waals surface area contributed by atoms with E-state index in [-0.39, 0.29) is 29.6 Å². The second-order valence-electron chi connectivity index (χ2n) is 8.42. The molecule has 3 unspecified atom stereocenters. The highest BCUT2D eigenvalue weighted by atomic mass is 32.2. The fourth-order valence-corrected chi connectivity index (χ4v) is 5.75. The Hall–Kier alpha value is -2.48. The van der Waals surface area contributed by atoms with Crippen molar-refractivity contribution in [2.24, 2.45) is 5.92 Å². The van der Waals surface area contributed by atoms with Crippen LogP contribution in [0.1, 0.15) is 26.7 Å². The van der Waals surface area contributed by atoms with Crippen molar-refractivity contribution in [2.75, 3.05) is 64.5 Å². The summed E-state index contributed by atoms with van der Waals surface area (Å²) in [7, 11) is 0. The van der Waals surface area contributed by atoms with Gasteiger partial charge in [0.1, 0.15) is 18.3 Å². The quantitative estimate of drug-likeness (QED) is 0.406. The number of rotatable bonds is 13. The first-order valence-corrected chi connectivity index (χ1v) is 13.3. The molecule has 0 aromatic heterocycles. The van der Waals surface area contributed by atoms with Gasteiger partial charge in [-0.25, -0.2) is 0 Å². The normalized spacial score (nSPS) is 21.4. The predicted molar refractivity (Wildman–Crippen MR) is 135 cm³/mol. The van der Waals surface area contributed by atoms with E-state index in [1.807, 2.05) is 37.3 Å². The van der Waals surface area contributed by atoms with E-state index in [0.717, 1.165) is 44.3 Å². The van der Waals surface area contributed by atoms with Gasteiger partial charge in [0.25, 0.3) is 0 Å². The average Bonchev–Trinajstić information content (AvgIpc) is 3.18. The number of morpholine rings is 1. The molecule has 192 valence electrons. The van der Waals surface area contributed by atoms with Crippen molar-refractivity contribution in [1.29, 1.82) is 5.26 Å². The summed E-state index contributed by atoms with van der Waals surface area (Å²) < 4.78 is 16.2. The second-order valence-corrected chi connectivity index (χ2v) is 9.80. The first kappa shape index (κ1) is 27.1. The Morgan fingerprint density at radius 2 is 2.03 bits per heavy atom. The zero-order valence-corrected chi connectivity index (χ0v) is 21.4. The molecule has 3 atom stereocenters. The molecule has 0 radical (unpaired) electrons. The first-order valence-electron chi connectivity index (χ1n) is 12.3. The van der Waals surface area contributed by atoms with Crippen molar-refractivity contribution >= 4 is 29.3 Å². The Kier molecular flexibility index (Phi) is 11.0. The lowest BCUT2D eigenvalue weighted by molar-refractivity contribution is -0.146. The van der Waals surface area contributed by atoms with E-state index in [9.17, 15) is 14.9 Å². The van der Waals surface area contributed by atoms with Gasteiger partial charge in [-0.1, -0.05) is 0 Å². The van der Waals surface area contributed by atoms with Crippen molar-refractivity contribution < 1.29 is 23.8 Å². The maximum absolute atomic E-state index is 12.9. The smallest absolute Gasteiger partial charge is 0.323 e. The van der Waals surface area contributed by atoms with Crippen molar-refractivity contribution in [1.82, 2.24) is 9.80 Å². The molecule has 1 aromatic rings. The average molecular weight is 505 g/mol. The van der Waals surface area contributed by atoms with Gasteiger partial charge in [0.05, 0.1) is 36.5 Å². The Labute approximate surface area is 212 Å². The highest BCUT2D eigenvalue weighted by molar-refractivity contribution is 8.01. The highest BCUT2D eigenvalue weighted by Gasteiger charge is 2.41. The molecule has 3 rings (SSSR count). The molecule has 10 heteroatoms. The number of nitrogens with zero attached hydrogens (tertiary/aromatic N) is 3. The zero-order chi connectivity index (χ0) is 25.0. The highest BCUT2D eigenvalue weighted by Crippen LogP contribution is 2.37. The van der Waals surface area contributed by atoms with E-state index in [2.05, 4.69) is 10.2 Å².